The van der Waals surface area contributed by atoms with Crippen LogP contribution < -0.4 is 9.64 Å². The van der Waals surface area contributed by atoms with Gasteiger partial charge >= 0.3 is 5.97 Å². The number of fused-ring (bicyclic) bond motifs is 5. The van der Waals surface area contributed by atoms with Gasteiger partial charge < -0.3 is 4.74 Å². The number of imide groups is 1. The highest BCUT2D eigenvalue weighted by Crippen LogP contribution is 2.58. The summed E-state index contributed by atoms with van der Waals surface area (Å²) in [4.78, 5) is 39.0. The van der Waals surface area contributed by atoms with E-state index in [1.165, 1.54) is 17.4 Å². The van der Waals surface area contributed by atoms with E-state index in [1.807, 2.05) is 18.2 Å². The summed E-state index contributed by atoms with van der Waals surface area (Å²) in [6.45, 7) is 3.41. The first-order valence-corrected chi connectivity index (χ1v) is 10.1. The van der Waals surface area contributed by atoms with Gasteiger partial charge in [-0.25, -0.2) is 4.90 Å². The number of carbonyl (C=O) groups is 3. The smallest absolute Gasteiger partial charge is 0.308 e. The van der Waals surface area contributed by atoms with Crippen molar-refractivity contribution < 1.29 is 19.1 Å². The third-order valence-electron chi connectivity index (χ3n) is 6.41. The predicted octanol–water partition coefficient (Wildman–Crippen LogP) is 4.01. The molecule has 2 bridgehead atoms. The summed E-state index contributed by atoms with van der Waals surface area (Å²) in [5.41, 5.74) is 4.00. The van der Waals surface area contributed by atoms with E-state index in [2.05, 4.69) is 31.2 Å². The van der Waals surface area contributed by atoms with Crippen LogP contribution in [0.1, 0.15) is 19.4 Å². The van der Waals surface area contributed by atoms with Crippen molar-refractivity contribution in [3.8, 4) is 5.75 Å². The Hall–Kier alpha value is -3.47. The lowest BCUT2D eigenvalue weighted by Gasteiger charge is -2.20. The van der Waals surface area contributed by atoms with Crippen molar-refractivity contribution in [3.05, 3.63) is 77.9 Å². The van der Waals surface area contributed by atoms with Crippen LogP contribution in [0.2, 0.25) is 0 Å². The van der Waals surface area contributed by atoms with Gasteiger partial charge in [0.05, 0.1) is 17.5 Å². The molecule has 4 atom stereocenters. The topological polar surface area (TPSA) is 63.7 Å². The largest absolute Gasteiger partial charge is 0.427 e. The van der Waals surface area contributed by atoms with Crippen molar-refractivity contribution in [2.45, 2.75) is 13.8 Å². The molecule has 2 fully saturated rings. The third-order valence-corrected chi connectivity index (χ3v) is 6.41. The van der Waals surface area contributed by atoms with Crippen LogP contribution in [0, 0.1) is 23.7 Å². The van der Waals surface area contributed by atoms with E-state index in [0.717, 1.165) is 11.1 Å². The number of anilines is 1. The van der Waals surface area contributed by atoms with Crippen molar-refractivity contribution in [1.82, 2.24) is 0 Å². The minimum absolute atomic E-state index is 0.0398. The molecular weight excluding hydrogens is 378 g/mol. The highest BCUT2D eigenvalue weighted by atomic mass is 16.5. The van der Waals surface area contributed by atoms with Crippen molar-refractivity contribution in [2.75, 3.05) is 4.90 Å². The number of ether oxygens (including phenoxy) is 1. The first-order valence-electron chi connectivity index (χ1n) is 10.1. The van der Waals surface area contributed by atoms with E-state index in [-0.39, 0.29) is 35.5 Å². The summed E-state index contributed by atoms with van der Waals surface area (Å²) in [5.74, 6) is -1.12. The molecule has 5 rings (SSSR count). The molecule has 150 valence electrons. The second-order valence-electron chi connectivity index (χ2n) is 8.03. The first kappa shape index (κ1) is 18.6. The Balaban J connectivity index is 1.47. The molecule has 1 heterocycles. The Bertz CT molecular complexity index is 1080. The molecule has 1 aliphatic heterocycles. The van der Waals surface area contributed by atoms with E-state index >= 15 is 0 Å². The predicted molar refractivity (Wildman–Crippen MR) is 112 cm³/mol. The fourth-order valence-corrected chi connectivity index (χ4v) is 5.20. The second kappa shape index (κ2) is 6.80. The Morgan fingerprint density at radius 3 is 1.93 bits per heavy atom. The number of esters is 1. The van der Waals surface area contributed by atoms with Gasteiger partial charge in [0.25, 0.3) is 0 Å². The molecule has 2 aliphatic carbocycles. The summed E-state index contributed by atoms with van der Waals surface area (Å²) in [6.07, 6.45) is 4.18. The molecule has 0 aromatic heterocycles. The van der Waals surface area contributed by atoms with Crippen LogP contribution in [-0.4, -0.2) is 17.8 Å². The van der Waals surface area contributed by atoms with Gasteiger partial charge in [0.1, 0.15) is 5.75 Å². The number of rotatable bonds is 3. The minimum atomic E-state index is -0.415. The van der Waals surface area contributed by atoms with Gasteiger partial charge in [-0.2, -0.15) is 0 Å². The standard InChI is InChI=1S/C25H21NO4/c1-14(16-6-4-3-5-7-16)21-19-12-13-20(21)23-22(19)24(28)26(25(23)29)17-8-10-18(11-9-17)30-15(2)27/h3-13,19-20,22-23H,1-2H3/t19-,20-,22-,23-/m0/s1. The van der Waals surface area contributed by atoms with Gasteiger partial charge in [-0.05, 0) is 42.3 Å². The Kier molecular flexibility index (Phi) is 4.21. The lowest BCUT2D eigenvalue weighted by atomic mass is 9.85. The summed E-state index contributed by atoms with van der Waals surface area (Å²) < 4.78 is 5.04. The molecule has 2 aromatic carbocycles. The van der Waals surface area contributed by atoms with Crippen LogP contribution >= 0.6 is 0 Å². The fraction of sp³-hybridized carbons (Fsp3) is 0.240. The molecule has 5 nitrogen and oxygen atoms in total. The number of hydrogen-bond acceptors (Lipinski definition) is 4. The Morgan fingerprint density at radius 1 is 0.833 bits per heavy atom. The Morgan fingerprint density at radius 2 is 1.40 bits per heavy atom. The number of hydrogen-bond donors (Lipinski definition) is 0. The molecule has 30 heavy (non-hydrogen) atoms. The zero-order chi connectivity index (χ0) is 21.0. The van der Waals surface area contributed by atoms with Crippen molar-refractivity contribution >= 4 is 29.0 Å². The molecule has 0 unspecified atom stereocenters. The summed E-state index contributed by atoms with van der Waals surface area (Å²) in [7, 11) is 0. The number of allylic oxidation sites excluding steroid dienone is 4. The maximum Gasteiger partial charge on any atom is 0.308 e. The molecule has 0 radical (unpaired) electrons. The second-order valence-corrected chi connectivity index (χ2v) is 8.03. The summed E-state index contributed by atoms with van der Waals surface area (Å²) in [6, 6.07) is 16.6. The van der Waals surface area contributed by atoms with Crippen molar-refractivity contribution in [1.29, 1.82) is 0 Å². The lowest BCUT2D eigenvalue weighted by molar-refractivity contribution is -0.132. The maximum atomic E-state index is 13.3. The van der Waals surface area contributed by atoms with Gasteiger partial charge in [-0.15, -0.1) is 0 Å². The number of carbonyl (C=O) groups excluding carboxylic acids is 3. The molecule has 2 aromatic rings. The van der Waals surface area contributed by atoms with Crippen molar-refractivity contribution in [2.24, 2.45) is 23.7 Å². The van der Waals surface area contributed by atoms with Gasteiger partial charge in [-0.3, -0.25) is 14.4 Å². The lowest BCUT2D eigenvalue weighted by Crippen LogP contribution is -2.33. The van der Waals surface area contributed by atoms with E-state index in [4.69, 9.17) is 4.74 Å². The minimum Gasteiger partial charge on any atom is -0.427 e. The van der Waals surface area contributed by atoms with E-state index in [0.29, 0.717) is 11.4 Å². The third kappa shape index (κ3) is 2.65. The number of amides is 2. The van der Waals surface area contributed by atoms with Crippen LogP contribution in [0.5, 0.6) is 5.75 Å². The monoisotopic (exact) mass is 399 g/mol. The number of benzene rings is 2. The zero-order valence-corrected chi connectivity index (χ0v) is 16.7. The highest BCUT2D eigenvalue weighted by Gasteiger charge is 2.62. The van der Waals surface area contributed by atoms with Crippen LogP contribution in [0.3, 0.4) is 0 Å². The molecule has 2 amide bonds. The Labute approximate surface area is 174 Å². The van der Waals surface area contributed by atoms with Crippen LogP contribution in [0.25, 0.3) is 5.57 Å². The quantitative estimate of drug-likeness (QED) is 0.339. The number of nitrogens with zero attached hydrogens (tertiary/aromatic N) is 1. The maximum absolute atomic E-state index is 13.3. The average molecular weight is 399 g/mol. The van der Waals surface area contributed by atoms with Crippen molar-refractivity contribution in [3.63, 3.8) is 0 Å². The highest BCUT2D eigenvalue weighted by molar-refractivity contribution is 6.23. The van der Waals surface area contributed by atoms with Gasteiger partial charge in [-0.1, -0.05) is 48.1 Å². The van der Waals surface area contributed by atoms with Gasteiger partial charge in [0.2, 0.25) is 11.8 Å². The van der Waals surface area contributed by atoms with Gasteiger partial charge in [0.15, 0.2) is 0 Å². The molecule has 0 spiro atoms. The molecular formula is C25H21NO4. The van der Waals surface area contributed by atoms with Gasteiger partial charge in [0, 0.05) is 18.8 Å². The first-order chi connectivity index (χ1) is 14.5. The van der Waals surface area contributed by atoms with E-state index in [9.17, 15) is 14.4 Å². The molecule has 0 N–H and O–H groups in total. The van der Waals surface area contributed by atoms with E-state index < -0.39 is 5.97 Å². The molecule has 3 aliphatic rings. The van der Waals surface area contributed by atoms with E-state index in [1.54, 1.807) is 24.3 Å². The van der Waals surface area contributed by atoms with Crippen LogP contribution in [0.15, 0.2) is 72.3 Å². The normalized spacial score (nSPS) is 26.3. The summed E-state index contributed by atoms with van der Waals surface area (Å²) in [5, 5.41) is 0. The molecule has 5 heteroatoms. The SMILES string of the molecule is CC(=O)Oc1ccc(N2C(=O)[C@@H]3[C@@H](C2=O)[C@H]2C=C[C@H]3C2=C(C)c2ccccc2)cc1. The molecule has 1 saturated carbocycles. The molecule has 1 saturated heterocycles. The fourth-order valence-electron chi connectivity index (χ4n) is 5.20. The van der Waals surface area contributed by atoms with Crippen LogP contribution in [0.4, 0.5) is 5.69 Å². The summed E-state index contributed by atoms with van der Waals surface area (Å²) >= 11 is 0. The zero-order valence-electron chi connectivity index (χ0n) is 16.7. The van der Waals surface area contributed by atoms with Crippen LogP contribution in [-0.2, 0) is 14.4 Å². The average Bonchev–Trinajstić information content (AvgIpc) is 3.38.